The molecule has 0 amide bonds. The summed E-state index contributed by atoms with van der Waals surface area (Å²) in [5.74, 6) is -0.175. The van der Waals surface area contributed by atoms with Gasteiger partial charge in [0.25, 0.3) is 0 Å². The summed E-state index contributed by atoms with van der Waals surface area (Å²) in [5, 5.41) is 19.1. The molecule has 2 aliphatic rings. The third-order valence-electron chi connectivity index (χ3n) is 3.12. The van der Waals surface area contributed by atoms with Gasteiger partial charge in [-0.2, -0.15) is 0 Å². The average Bonchev–Trinajstić information content (AvgIpc) is 2.62. The van der Waals surface area contributed by atoms with Gasteiger partial charge in [-0.1, -0.05) is 6.42 Å². The van der Waals surface area contributed by atoms with Gasteiger partial charge in [0.1, 0.15) is 0 Å². The second-order valence-electron chi connectivity index (χ2n) is 3.90. The highest BCUT2D eigenvalue weighted by Crippen LogP contribution is 2.38. The molecule has 0 bridgehead atoms. The molecular weight excluding hydrogens is 168 g/mol. The van der Waals surface area contributed by atoms with E-state index in [-0.39, 0.29) is 23.6 Å². The van der Waals surface area contributed by atoms with Crippen molar-refractivity contribution in [2.24, 2.45) is 5.92 Å². The molecule has 3 heteroatoms. The molecule has 0 radical (unpaired) electrons. The fourth-order valence-electron chi connectivity index (χ4n) is 2.37. The summed E-state index contributed by atoms with van der Waals surface area (Å²) in [4.78, 5) is 11.1. The van der Waals surface area contributed by atoms with E-state index in [1.165, 1.54) is 0 Å². The first kappa shape index (κ1) is 8.75. The molecular formula is C10H14O3. The molecule has 0 unspecified atom stereocenters. The van der Waals surface area contributed by atoms with Crippen molar-refractivity contribution in [3.05, 3.63) is 11.3 Å². The van der Waals surface area contributed by atoms with Gasteiger partial charge < -0.3 is 10.2 Å². The van der Waals surface area contributed by atoms with Crippen molar-refractivity contribution in [1.82, 2.24) is 0 Å². The van der Waals surface area contributed by atoms with E-state index in [1.807, 2.05) is 0 Å². The fourth-order valence-corrected chi connectivity index (χ4v) is 2.37. The Morgan fingerprint density at radius 3 is 2.46 bits per heavy atom. The molecule has 13 heavy (non-hydrogen) atoms. The Labute approximate surface area is 77.1 Å². The molecule has 0 heterocycles. The van der Waals surface area contributed by atoms with Crippen LogP contribution in [0.1, 0.15) is 32.1 Å². The zero-order valence-electron chi connectivity index (χ0n) is 7.49. The van der Waals surface area contributed by atoms with Crippen molar-refractivity contribution < 1.29 is 15.0 Å². The molecule has 0 saturated heterocycles. The molecule has 0 aromatic rings. The number of Topliss-reactive ketones (excluding diaryl/α,β-unsaturated/α-hetero) is 1. The van der Waals surface area contributed by atoms with E-state index < -0.39 is 0 Å². The van der Waals surface area contributed by atoms with Gasteiger partial charge in [-0.05, 0) is 24.8 Å². The van der Waals surface area contributed by atoms with Gasteiger partial charge in [0.05, 0.1) is 6.10 Å². The number of carbonyl (C=O) groups excluding carboxylic acids is 1. The summed E-state index contributed by atoms with van der Waals surface area (Å²) in [7, 11) is 0. The van der Waals surface area contributed by atoms with E-state index in [1.54, 1.807) is 0 Å². The van der Waals surface area contributed by atoms with Crippen molar-refractivity contribution >= 4 is 5.78 Å². The highest BCUT2D eigenvalue weighted by Gasteiger charge is 2.34. The summed E-state index contributed by atoms with van der Waals surface area (Å²) in [6.07, 6.45) is 3.43. The van der Waals surface area contributed by atoms with Crippen LogP contribution in [0.2, 0.25) is 0 Å². The molecule has 0 aromatic heterocycles. The van der Waals surface area contributed by atoms with Crippen molar-refractivity contribution in [2.45, 2.75) is 38.2 Å². The van der Waals surface area contributed by atoms with Crippen LogP contribution in [-0.2, 0) is 4.79 Å². The predicted octanol–water partition coefficient (Wildman–Crippen LogP) is 1.32. The van der Waals surface area contributed by atoms with Crippen molar-refractivity contribution in [2.75, 3.05) is 0 Å². The van der Waals surface area contributed by atoms with E-state index in [0.29, 0.717) is 12.8 Å². The van der Waals surface area contributed by atoms with Gasteiger partial charge in [-0.25, -0.2) is 0 Å². The molecule has 2 aliphatic carbocycles. The Morgan fingerprint density at radius 2 is 2.00 bits per heavy atom. The SMILES string of the molecule is O=C1CCC([C@H]2CCC[C@H]2O)=C1O. The number of hydrogen-bond acceptors (Lipinski definition) is 3. The Balaban J connectivity index is 2.21. The molecule has 72 valence electrons. The lowest BCUT2D eigenvalue weighted by Crippen LogP contribution is -2.15. The van der Waals surface area contributed by atoms with Crippen molar-refractivity contribution in [3.8, 4) is 0 Å². The lowest BCUT2D eigenvalue weighted by molar-refractivity contribution is -0.117. The summed E-state index contributed by atoms with van der Waals surface area (Å²) >= 11 is 0. The quantitative estimate of drug-likeness (QED) is 0.643. The molecule has 0 aliphatic heterocycles. The Kier molecular flexibility index (Phi) is 2.12. The number of carbonyl (C=O) groups is 1. The van der Waals surface area contributed by atoms with Crippen LogP contribution in [0.15, 0.2) is 11.3 Å². The fraction of sp³-hybridized carbons (Fsp3) is 0.700. The number of aliphatic hydroxyl groups is 2. The topological polar surface area (TPSA) is 57.5 Å². The Morgan fingerprint density at radius 1 is 1.23 bits per heavy atom. The summed E-state index contributed by atoms with van der Waals surface area (Å²) in [6.45, 7) is 0. The maximum absolute atomic E-state index is 11.1. The molecule has 2 rings (SSSR count). The smallest absolute Gasteiger partial charge is 0.197 e. The molecule has 2 atom stereocenters. The minimum Gasteiger partial charge on any atom is -0.504 e. The maximum Gasteiger partial charge on any atom is 0.197 e. The Bertz CT molecular complexity index is 267. The number of allylic oxidation sites excluding steroid dienone is 1. The number of ketones is 1. The van der Waals surface area contributed by atoms with Crippen LogP contribution < -0.4 is 0 Å². The lowest BCUT2D eigenvalue weighted by atomic mass is 9.94. The Hall–Kier alpha value is -0.830. The zero-order chi connectivity index (χ0) is 9.42. The standard InChI is InChI=1S/C10H14O3/c11-8-3-1-2-6(8)7-4-5-9(12)10(7)13/h6,8,11,13H,1-5H2/t6-,8-/m1/s1. The third-order valence-corrected chi connectivity index (χ3v) is 3.12. The first-order chi connectivity index (χ1) is 6.20. The molecule has 0 aromatic carbocycles. The summed E-state index contributed by atoms with van der Waals surface area (Å²) < 4.78 is 0. The first-order valence-corrected chi connectivity index (χ1v) is 4.83. The van der Waals surface area contributed by atoms with Gasteiger partial charge in [0, 0.05) is 12.3 Å². The van der Waals surface area contributed by atoms with E-state index in [4.69, 9.17) is 0 Å². The minimum atomic E-state index is -0.344. The van der Waals surface area contributed by atoms with Gasteiger partial charge in [0.2, 0.25) is 0 Å². The monoisotopic (exact) mass is 182 g/mol. The number of aliphatic hydroxyl groups excluding tert-OH is 2. The van der Waals surface area contributed by atoms with Gasteiger partial charge in [0.15, 0.2) is 11.5 Å². The molecule has 0 spiro atoms. The molecule has 2 N–H and O–H groups in total. The lowest BCUT2D eigenvalue weighted by Gasteiger charge is -2.15. The summed E-state index contributed by atoms with van der Waals surface area (Å²) in [5.41, 5.74) is 0.801. The second kappa shape index (κ2) is 3.14. The predicted molar refractivity (Wildman–Crippen MR) is 47.2 cm³/mol. The van der Waals surface area contributed by atoms with Crippen LogP contribution in [-0.4, -0.2) is 22.1 Å². The zero-order valence-corrected chi connectivity index (χ0v) is 7.49. The van der Waals surface area contributed by atoms with Crippen LogP contribution in [0.25, 0.3) is 0 Å². The van der Waals surface area contributed by atoms with Crippen molar-refractivity contribution in [3.63, 3.8) is 0 Å². The molecule has 1 fully saturated rings. The highest BCUT2D eigenvalue weighted by atomic mass is 16.3. The third kappa shape index (κ3) is 1.37. The van der Waals surface area contributed by atoms with Crippen LogP contribution in [0, 0.1) is 5.92 Å². The van der Waals surface area contributed by atoms with Crippen molar-refractivity contribution in [1.29, 1.82) is 0 Å². The normalized spacial score (nSPS) is 34.7. The average molecular weight is 182 g/mol. The van der Waals surface area contributed by atoms with E-state index >= 15 is 0 Å². The van der Waals surface area contributed by atoms with Crippen LogP contribution in [0.3, 0.4) is 0 Å². The maximum atomic E-state index is 11.1. The van der Waals surface area contributed by atoms with Crippen LogP contribution >= 0.6 is 0 Å². The van der Waals surface area contributed by atoms with Crippen LogP contribution in [0.4, 0.5) is 0 Å². The van der Waals surface area contributed by atoms with E-state index in [2.05, 4.69) is 0 Å². The second-order valence-corrected chi connectivity index (χ2v) is 3.90. The van der Waals surface area contributed by atoms with E-state index in [9.17, 15) is 15.0 Å². The highest BCUT2D eigenvalue weighted by molar-refractivity contribution is 5.96. The number of rotatable bonds is 1. The van der Waals surface area contributed by atoms with E-state index in [0.717, 1.165) is 24.8 Å². The van der Waals surface area contributed by atoms with Crippen LogP contribution in [0.5, 0.6) is 0 Å². The minimum absolute atomic E-state index is 0.0476. The molecule has 3 nitrogen and oxygen atoms in total. The first-order valence-electron chi connectivity index (χ1n) is 4.83. The number of hydrogen-bond donors (Lipinski definition) is 2. The largest absolute Gasteiger partial charge is 0.504 e. The van der Waals surface area contributed by atoms with Gasteiger partial charge >= 0.3 is 0 Å². The molecule has 1 saturated carbocycles. The summed E-state index contributed by atoms with van der Waals surface area (Å²) in [6, 6.07) is 0. The van der Waals surface area contributed by atoms with Gasteiger partial charge in [-0.15, -0.1) is 0 Å². The van der Waals surface area contributed by atoms with Gasteiger partial charge in [-0.3, -0.25) is 4.79 Å².